The third-order valence-corrected chi connectivity index (χ3v) is 3.08. The molecule has 0 aliphatic heterocycles. The molecule has 1 unspecified atom stereocenters. The smallest absolute Gasteiger partial charge is 0.253 e. The van der Waals surface area contributed by atoms with Crippen molar-refractivity contribution in [3.05, 3.63) is 34.9 Å². The summed E-state index contributed by atoms with van der Waals surface area (Å²) in [4.78, 5) is 13.8. The van der Waals surface area contributed by atoms with Crippen molar-refractivity contribution >= 4 is 5.91 Å². The topological polar surface area (TPSA) is 46.3 Å². The third-order valence-electron chi connectivity index (χ3n) is 3.08. The molecule has 0 fully saturated rings. The largest absolute Gasteiger partial charge is 0.338 e. The quantitative estimate of drug-likeness (QED) is 0.843. The van der Waals surface area contributed by atoms with Crippen molar-refractivity contribution in [2.24, 2.45) is 5.73 Å². The Morgan fingerprint density at radius 3 is 2.50 bits per heavy atom. The van der Waals surface area contributed by atoms with Crippen molar-refractivity contribution in [3.63, 3.8) is 0 Å². The summed E-state index contributed by atoms with van der Waals surface area (Å²) in [5, 5.41) is 0. The van der Waals surface area contributed by atoms with Crippen molar-refractivity contribution in [2.75, 3.05) is 13.6 Å². The number of nitrogens with two attached hydrogens (primary N) is 1. The van der Waals surface area contributed by atoms with E-state index >= 15 is 0 Å². The number of nitrogens with zero attached hydrogens (tertiary/aromatic N) is 1. The minimum atomic E-state index is 0.0288. The van der Waals surface area contributed by atoms with Crippen LogP contribution in [0.3, 0.4) is 0 Å². The van der Waals surface area contributed by atoms with Crippen LogP contribution in [0.2, 0.25) is 0 Å². The second-order valence-corrected chi connectivity index (χ2v) is 4.30. The zero-order chi connectivity index (χ0) is 12.3. The Labute approximate surface area is 97.2 Å². The van der Waals surface area contributed by atoms with Gasteiger partial charge in [-0.2, -0.15) is 0 Å². The molecular formula is C13H20N2O. The average Bonchev–Trinajstić information content (AvgIpc) is 2.29. The monoisotopic (exact) mass is 220 g/mol. The molecule has 1 aromatic carbocycles. The summed E-state index contributed by atoms with van der Waals surface area (Å²) in [5.41, 5.74) is 8.62. The first-order valence-electron chi connectivity index (χ1n) is 5.52. The normalized spacial score (nSPS) is 12.3. The number of aryl methyl sites for hydroxylation is 2. The van der Waals surface area contributed by atoms with Crippen molar-refractivity contribution < 1.29 is 4.79 Å². The van der Waals surface area contributed by atoms with Gasteiger partial charge in [0.15, 0.2) is 0 Å². The zero-order valence-electron chi connectivity index (χ0n) is 10.4. The molecule has 88 valence electrons. The van der Waals surface area contributed by atoms with Gasteiger partial charge in [-0.3, -0.25) is 4.79 Å². The van der Waals surface area contributed by atoms with Crippen molar-refractivity contribution in [1.82, 2.24) is 4.90 Å². The Morgan fingerprint density at radius 1 is 1.38 bits per heavy atom. The van der Waals surface area contributed by atoms with Crippen molar-refractivity contribution in [1.29, 1.82) is 0 Å². The number of hydrogen-bond donors (Lipinski definition) is 1. The molecule has 1 aromatic rings. The number of carbonyl (C=O) groups is 1. The molecule has 1 rings (SSSR count). The maximum atomic E-state index is 12.1. The number of rotatable bonds is 3. The van der Waals surface area contributed by atoms with E-state index < -0.39 is 0 Å². The van der Waals surface area contributed by atoms with Crippen LogP contribution in [-0.2, 0) is 0 Å². The second-order valence-electron chi connectivity index (χ2n) is 4.30. The molecule has 3 nitrogen and oxygen atoms in total. The van der Waals surface area contributed by atoms with E-state index in [1.165, 1.54) is 5.56 Å². The van der Waals surface area contributed by atoms with Crippen LogP contribution in [0.1, 0.15) is 28.4 Å². The number of hydrogen-bond acceptors (Lipinski definition) is 2. The molecule has 0 aromatic heterocycles. The van der Waals surface area contributed by atoms with E-state index in [0.29, 0.717) is 6.54 Å². The average molecular weight is 220 g/mol. The van der Waals surface area contributed by atoms with Crippen LogP contribution in [0.15, 0.2) is 18.2 Å². The molecule has 0 saturated carbocycles. The van der Waals surface area contributed by atoms with Gasteiger partial charge in [0.1, 0.15) is 0 Å². The van der Waals surface area contributed by atoms with E-state index in [2.05, 4.69) is 0 Å². The van der Waals surface area contributed by atoms with Crippen LogP contribution in [0.25, 0.3) is 0 Å². The molecule has 0 bridgehead atoms. The highest BCUT2D eigenvalue weighted by molar-refractivity contribution is 5.94. The Kier molecular flexibility index (Phi) is 4.07. The van der Waals surface area contributed by atoms with Crippen molar-refractivity contribution in [3.8, 4) is 0 Å². The van der Waals surface area contributed by atoms with Gasteiger partial charge < -0.3 is 10.6 Å². The highest BCUT2D eigenvalue weighted by atomic mass is 16.2. The lowest BCUT2D eigenvalue weighted by atomic mass is 10.1. The second kappa shape index (κ2) is 5.12. The molecule has 0 aliphatic carbocycles. The molecule has 1 atom stereocenters. The lowest BCUT2D eigenvalue weighted by Crippen LogP contribution is -2.39. The summed E-state index contributed by atoms with van der Waals surface area (Å²) in [6.45, 7) is 6.47. The summed E-state index contributed by atoms with van der Waals surface area (Å²) in [5.74, 6) is 0.0288. The summed E-state index contributed by atoms with van der Waals surface area (Å²) >= 11 is 0. The third kappa shape index (κ3) is 2.61. The first kappa shape index (κ1) is 12.7. The fraction of sp³-hybridized carbons (Fsp3) is 0.462. The van der Waals surface area contributed by atoms with Gasteiger partial charge in [0.2, 0.25) is 0 Å². The lowest BCUT2D eigenvalue weighted by molar-refractivity contribution is 0.0748. The van der Waals surface area contributed by atoms with E-state index in [4.69, 9.17) is 5.73 Å². The predicted molar refractivity (Wildman–Crippen MR) is 66.5 cm³/mol. The maximum absolute atomic E-state index is 12.1. The van der Waals surface area contributed by atoms with E-state index in [1.54, 1.807) is 11.9 Å². The van der Waals surface area contributed by atoms with E-state index in [-0.39, 0.29) is 11.9 Å². The highest BCUT2D eigenvalue weighted by Gasteiger charge is 2.16. The Balaban J connectivity index is 2.92. The molecule has 0 spiro atoms. The highest BCUT2D eigenvalue weighted by Crippen LogP contribution is 2.12. The fourth-order valence-corrected chi connectivity index (χ4v) is 1.44. The van der Waals surface area contributed by atoms with E-state index in [1.807, 2.05) is 39.0 Å². The molecule has 0 heterocycles. The van der Waals surface area contributed by atoms with Gasteiger partial charge in [-0.15, -0.1) is 0 Å². The number of likely N-dealkylation sites (N-methyl/N-ethyl adjacent to an activating group) is 1. The van der Waals surface area contributed by atoms with Gasteiger partial charge >= 0.3 is 0 Å². The zero-order valence-corrected chi connectivity index (χ0v) is 10.4. The first-order chi connectivity index (χ1) is 7.47. The molecule has 0 saturated heterocycles. The molecule has 2 N–H and O–H groups in total. The molecule has 3 heteroatoms. The van der Waals surface area contributed by atoms with Crippen LogP contribution in [-0.4, -0.2) is 30.4 Å². The van der Waals surface area contributed by atoms with E-state index in [9.17, 15) is 4.79 Å². The molecule has 16 heavy (non-hydrogen) atoms. The van der Waals surface area contributed by atoms with Crippen LogP contribution >= 0.6 is 0 Å². The van der Waals surface area contributed by atoms with E-state index in [0.717, 1.165) is 11.1 Å². The van der Waals surface area contributed by atoms with Gasteiger partial charge in [-0.25, -0.2) is 0 Å². The van der Waals surface area contributed by atoms with Gasteiger partial charge in [-0.05, 0) is 44.0 Å². The van der Waals surface area contributed by atoms with Gasteiger partial charge in [0.25, 0.3) is 5.91 Å². The SMILES string of the molecule is Cc1ccc(C(=O)N(C)C(C)CN)cc1C. The number of carbonyl (C=O) groups excluding carboxylic acids is 1. The van der Waals surface area contributed by atoms with Gasteiger partial charge in [0.05, 0.1) is 0 Å². The summed E-state index contributed by atoms with van der Waals surface area (Å²) in [6.07, 6.45) is 0. The molecular weight excluding hydrogens is 200 g/mol. The van der Waals surface area contributed by atoms with Gasteiger partial charge in [0, 0.05) is 25.2 Å². The minimum absolute atomic E-state index is 0.0288. The molecule has 0 aliphatic rings. The fourth-order valence-electron chi connectivity index (χ4n) is 1.44. The number of benzene rings is 1. The van der Waals surface area contributed by atoms with Crippen LogP contribution in [0.5, 0.6) is 0 Å². The van der Waals surface area contributed by atoms with Crippen LogP contribution in [0, 0.1) is 13.8 Å². The Morgan fingerprint density at radius 2 is 2.00 bits per heavy atom. The van der Waals surface area contributed by atoms with Crippen LogP contribution in [0.4, 0.5) is 0 Å². The Bertz CT molecular complexity index is 388. The van der Waals surface area contributed by atoms with Crippen molar-refractivity contribution in [2.45, 2.75) is 26.8 Å². The summed E-state index contributed by atoms with van der Waals surface area (Å²) in [7, 11) is 1.79. The van der Waals surface area contributed by atoms with Gasteiger partial charge in [-0.1, -0.05) is 6.07 Å². The minimum Gasteiger partial charge on any atom is -0.338 e. The summed E-state index contributed by atoms with van der Waals surface area (Å²) < 4.78 is 0. The molecule has 0 radical (unpaired) electrons. The maximum Gasteiger partial charge on any atom is 0.253 e. The first-order valence-corrected chi connectivity index (χ1v) is 5.52. The predicted octanol–water partition coefficient (Wildman–Crippen LogP) is 1.72. The standard InChI is InChI=1S/C13H20N2O/c1-9-5-6-12(7-10(9)2)13(16)15(4)11(3)8-14/h5-7,11H,8,14H2,1-4H3. The molecule has 1 amide bonds. The van der Waals surface area contributed by atoms with Crippen LogP contribution < -0.4 is 5.73 Å². The number of amides is 1. The lowest BCUT2D eigenvalue weighted by Gasteiger charge is -2.23. The Hall–Kier alpha value is -1.35. The summed E-state index contributed by atoms with van der Waals surface area (Å²) in [6, 6.07) is 5.83.